The van der Waals surface area contributed by atoms with Gasteiger partial charge in [0.05, 0.1) is 0 Å². The number of carboxylic acids is 1. The summed E-state index contributed by atoms with van der Waals surface area (Å²) in [4.78, 5) is 31.4. The van der Waals surface area contributed by atoms with Crippen LogP contribution in [-0.2, 0) is 15.8 Å². The molecule has 92 valence electrons. The SMILES string of the molecule is O=C(O)[C@H](Cc1ccccc1)N=CP(=O)(O)O. The van der Waals surface area contributed by atoms with Gasteiger partial charge < -0.3 is 14.9 Å². The second-order valence-electron chi connectivity index (χ2n) is 3.40. The molecule has 3 N–H and O–H groups in total. The first-order chi connectivity index (χ1) is 7.88. The molecule has 0 amide bonds. The van der Waals surface area contributed by atoms with Crippen molar-refractivity contribution in [2.24, 2.45) is 4.99 Å². The van der Waals surface area contributed by atoms with Crippen molar-refractivity contribution in [1.82, 2.24) is 0 Å². The molecular formula is C10H12NO5P. The van der Waals surface area contributed by atoms with Gasteiger partial charge in [0.15, 0.2) is 6.04 Å². The average Bonchev–Trinajstić information content (AvgIpc) is 2.24. The molecule has 6 nitrogen and oxygen atoms in total. The van der Waals surface area contributed by atoms with Crippen LogP contribution in [0.25, 0.3) is 0 Å². The number of aliphatic imine (C=N–C) groups is 1. The molecule has 1 atom stereocenters. The highest BCUT2D eigenvalue weighted by Gasteiger charge is 2.18. The Labute approximate surface area is 97.8 Å². The molecule has 1 rings (SSSR count). The average molecular weight is 257 g/mol. The topological polar surface area (TPSA) is 107 Å². The van der Waals surface area contributed by atoms with Crippen molar-refractivity contribution < 1.29 is 24.3 Å². The molecule has 0 aromatic heterocycles. The van der Waals surface area contributed by atoms with E-state index in [0.717, 1.165) is 5.56 Å². The van der Waals surface area contributed by atoms with Crippen molar-refractivity contribution in [1.29, 1.82) is 0 Å². The molecule has 0 heterocycles. The smallest absolute Gasteiger partial charge is 0.366 e. The lowest BCUT2D eigenvalue weighted by atomic mass is 10.1. The zero-order chi connectivity index (χ0) is 12.9. The van der Waals surface area contributed by atoms with Crippen LogP contribution in [0.5, 0.6) is 0 Å². The second-order valence-corrected chi connectivity index (χ2v) is 4.81. The molecule has 0 saturated heterocycles. The molecular weight excluding hydrogens is 245 g/mol. The summed E-state index contributed by atoms with van der Waals surface area (Å²) in [6.45, 7) is 0. The minimum Gasteiger partial charge on any atom is -0.480 e. The van der Waals surface area contributed by atoms with Gasteiger partial charge in [-0.2, -0.15) is 0 Å². The number of hydrogen-bond acceptors (Lipinski definition) is 3. The summed E-state index contributed by atoms with van der Waals surface area (Å²) in [5.74, 6) is -0.840. The predicted molar refractivity (Wildman–Crippen MR) is 62.1 cm³/mol. The third-order valence-electron chi connectivity index (χ3n) is 1.95. The number of hydrogen-bond donors (Lipinski definition) is 3. The highest BCUT2D eigenvalue weighted by Crippen LogP contribution is 2.30. The van der Waals surface area contributed by atoms with Gasteiger partial charge in [0.1, 0.15) is 5.96 Å². The van der Waals surface area contributed by atoms with Crippen LogP contribution in [0.3, 0.4) is 0 Å². The molecule has 0 fully saturated rings. The van der Waals surface area contributed by atoms with Gasteiger partial charge in [-0.3, -0.25) is 9.56 Å². The maximum atomic E-state index is 10.9. The van der Waals surface area contributed by atoms with Crippen LogP contribution in [0, 0.1) is 0 Å². The molecule has 1 aromatic rings. The molecule has 0 aliphatic carbocycles. The molecule has 0 saturated carbocycles. The Hall–Kier alpha value is -1.49. The zero-order valence-electron chi connectivity index (χ0n) is 8.80. The molecule has 0 radical (unpaired) electrons. The van der Waals surface area contributed by atoms with E-state index in [1.165, 1.54) is 0 Å². The summed E-state index contributed by atoms with van der Waals surface area (Å²) in [6.07, 6.45) is 0.0900. The molecule has 7 heteroatoms. The van der Waals surface area contributed by atoms with E-state index in [2.05, 4.69) is 4.99 Å². The Kier molecular flexibility index (Phi) is 4.57. The van der Waals surface area contributed by atoms with Gasteiger partial charge in [0.25, 0.3) is 0 Å². The Balaban J connectivity index is 2.78. The third-order valence-corrected chi connectivity index (χ3v) is 2.39. The summed E-state index contributed by atoms with van der Waals surface area (Å²) >= 11 is 0. The summed E-state index contributed by atoms with van der Waals surface area (Å²) < 4.78 is 10.6. The Bertz CT molecular complexity index is 453. The van der Waals surface area contributed by atoms with Crippen LogP contribution in [0.4, 0.5) is 0 Å². The van der Waals surface area contributed by atoms with E-state index in [1.807, 2.05) is 0 Å². The first-order valence-electron chi connectivity index (χ1n) is 4.75. The number of aliphatic carboxylic acids is 1. The van der Waals surface area contributed by atoms with Crippen LogP contribution in [0.2, 0.25) is 0 Å². The number of nitrogens with zero attached hydrogens (tertiary/aromatic N) is 1. The van der Waals surface area contributed by atoms with Gasteiger partial charge in [-0.05, 0) is 5.56 Å². The fourth-order valence-electron chi connectivity index (χ4n) is 1.21. The van der Waals surface area contributed by atoms with Gasteiger partial charge >= 0.3 is 13.6 Å². The van der Waals surface area contributed by atoms with Crippen molar-refractivity contribution in [2.45, 2.75) is 12.5 Å². The van der Waals surface area contributed by atoms with Gasteiger partial charge in [0.2, 0.25) is 0 Å². The molecule has 0 bridgehead atoms. The summed E-state index contributed by atoms with van der Waals surface area (Å²) in [7, 11) is -4.42. The minimum absolute atomic E-state index is 0.0900. The number of carboxylic acid groups (broad SMARTS) is 1. The van der Waals surface area contributed by atoms with E-state index in [4.69, 9.17) is 14.9 Å². The van der Waals surface area contributed by atoms with Crippen molar-refractivity contribution in [2.75, 3.05) is 0 Å². The Morgan fingerprint density at radius 2 is 1.94 bits per heavy atom. The molecule has 0 aliphatic rings. The molecule has 0 aliphatic heterocycles. The molecule has 1 aromatic carbocycles. The lowest BCUT2D eigenvalue weighted by molar-refractivity contribution is -0.138. The van der Waals surface area contributed by atoms with E-state index >= 15 is 0 Å². The monoisotopic (exact) mass is 257 g/mol. The number of rotatable bonds is 5. The summed E-state index contributed by atoms with van der Waals surface area (Å²) in [6, 6.07) is 7.55. The van der Waals surface area contributed by atoms with Gasteiger partial charge in [-0.25, -0.2) is 4.79 Å². The van der Waals surface area contributed by atoms with Crippen molar-refractivity contribution in [3.63, 3.8) is 0 Å². The van der Waals surface area contributed by atoms with E-state index in [9.17, 15) is 9.36 Å². The first-order valence-corrected chi connectivity index (χ1v) is 6.43. The largest absolute Gasteiger partial charge is 0.480 e. The van der Waals surface area contributed by atoms with Crippen molar-refractivity contribution >= 4 is 19.5 Å². The summed E-state index contributed by atoms with van der Waals surface area (Å²) in [5.41, 5.74) is 0.739. The van der Waals surface area contributed by atoms with E-state index in [0.29, 0.717) is 5.96 Å². The van der Waals surface area contributed by atoms with Crippen LogP contribution in [-0.4, -0.2) is 32.9 Å². The normalized spacial score (nSPS) is 13.8. The van der Waals surface area contributed by atoms with Crippen LogP contribution < -0.4 is 0 Å². The fraction of sp³-hybridized carbons (Fsp3) is 0.200. The maximum absolute atomic E-state index is 10.9. The van der Waals surface area contributed by atoms with Crippen LogP contribution >= 0.6 is 7.60 Å². The molecule has 0 spiro atoms. The number of carbonyl (C=O) groups is 1. The van der Waals surface area contributed by atoms with E-state index in [1.54, 1.807) is 30.3 Å². The quantitative estimate of drug-likeness (QED) is 0.536. The minimum atomic E-state index is -4.42. The Morgan fingerprint density at radius 3 is 2.41 bits per heavy atom. The highest BCUT2D eigenvalue weighted by molar-refractivity contribution is 7.67. The van der Waals surface area contributed by atoms with E-state index in [-0.39, 0.29) is 6.42 Å². The van der Waals surface area contributed by atoms with Crippen molar-refractivity contribution in [3.8, 4) is 0 Å². The molecule has 17 heavy (non-hydrogen) atoms. The second kappa shape index (κ2) is 5.72. The summed E-state index contributed by atoms with van der Waals surface area (Å²) in [5, 5.41) is 8.86. The predicted octanol–water partition coefficient (Wildman–Crippen LogP) is 0.888. The highest BCUT2D eigenvalue weighted by atomic mass is 31.2. The maximum Gasteiger partial charge on any atom is 0.366 e. The lowest BCUT2D eigenvalue weighted by Crippen LogP contribution is -2.20. The van der Waals surface area contributed by atoms with Crippen molar-refractivity contribution in [3.05, 3.63) is 35.9 Å². The zero-order valence-corrected chi connectivity index (χ0v) is 9.70. The van der Waals surface area contributed by atoms with Gasteiger partial charge in [-0.1, -0.05) is 30.3 Å². The van der Waals surface area contributed by atoms with Crippen LogP contribution in [0.15, 0.2) is 35.3 Å². The fourth-order valence-corrected chi connectivity index (χ4v) is 1.54. The van der Waals surface area contributed by atoms with Crippen LogP contribution in [0.1, 0.15) is 5.56 Å². The standard InChI is InChI=1S/C10H12NO5P/c12-10(13)9(11-7-17(14,15)16)6-8-4-2-1-3-5-8/h1-5,7,9H,6H2,(H,12,13)(H2,14,15,16)/t9-/m0/s1. The first kappa shape index (κ1) is 13.6. The van der Waals surface area contributed by atoms with E-state index < -0.39 is 19.6 Å². The number of benzene rings is 1. The molecule has 0 unspecified atom stereocenters. The third kappa shape index (κ3) is 5.40. The van der Waals surface area contributed by atoms with Gasteiger partial charge in [-0.15, -0.1) is 0 Å². The Morgan fingerprint density at radius 1 is 1.35 bits per heavy atom. The van der Waals surface area contributed by atoms with Gasteiger partial charge in [0, 0.05) is 6.42 Å². The lowest BCUT2D eigenvalue weighted by Gasteiger charge is -2.07.